The van der Waals surface area contributed by atoms with Crippen molar-refractivity contribution >= 4 is 22.8 Å². The zero-order valence-electron chi connectivity index (χ0n) is 23.4. The number of carbonyl (C=O) groups excluding carboxylic acids is 1. The largest absolute Gasteiger partial charge is 0.497 e. The van der Waals surface area contributed by atoms with Crippen molar-refractivity contribution in [1.82, 2.24) is 24.6 Å². The lowest BCUT2D eigenvalue weighted by atomic mass is 10.1. The Bertz CT molecular complexity index is 1660. The van der Waals surface area contributed by atoms with Crippen LogP contribution >= 0.6 is 0 Å². The number of hydrogen-bond donors (Lipinski definition) is 0. The molecule has 3 heterocycles. The Balaban J connectivity index is 1.33. The first-order valence-electron chi connectivity index (χ1n) is 13.7. The number of amides is 1. The third-order valence-corrected chi connectivity index (χ3v) is 7.40. The van der Waals surface area contributed by atoms with E-state index in [4.69, 9.17) is 24.5 Å². The summed E-state index contributed by atoms with van der Waals surface area (Å²) in [5.74, 6) is 2.72. The lowest BCUT2D eigenvalue weighted by molar-refractivity contribution is 0.0746. The van der Waals surface area contributed by atoms with E-state index in [1.165, 1.54) is 0 Å². The number of anilines is 1. The van der Waals surface area contributed by atoms with Crippen LogP contribution in [-0.2, 0) is 6.42 Å². The van der Waals surface area contributed by atoms with Crippen LogP contribution in [0.3, 0.4) is 0 Å². The molecule has 0 bridgehead atoms. The molecule has 9 nitrogen and oxygen atoms in total. The van der Waals surface area contributed by atoms with Crippen LogP contribution in [0.1, 0.15) is 27.4 Å². The van der Waals surface area contributed by atoms with Crippen LogP contribution in [0.4, 0.5) is 5.82 Å². The van der Waals surface area contributed by atoms with Crippen LogP contribution in [0.15, 0.2) is 78.9 Å². The van der Waals surface area contributed by atoms with E-state index in [1.54, 1.807) is 32.4 Å². The summed E-state index contributed by atoms with van der Waals surface area (Å²) in [5, 5.41) is 5.81. The Morgan fingerprint density at radius 1 is 0.829 bits per heavy atom. The smallest absolute Gasteiger partial charge is 0.254 e. The molecule has 1 fully saturated rings. The van der Waals surface area contributed by atoms with Crippen molar-refractivity contribution in [2.24, 2.45) is 0 Å². The quantitative estimate of drug-likeness (QED) is 0.292. The summed E-state index contributed by atoms with van der Waals surface area (Å²) in [7, 11) is 3.16. The molecule has 5 aromatic rings. The highest BCUT2D eigenvalue weighted by molar-refractivity contribution is 5.95. The van der Waals surface area contributed by atoms with Gasteiger partial charge < -0.3 is 19.3 Å². The van der Waals surface area contributed by atoms with Crippen molar-refractivity contribution in [2.45, 2.75) is 13.3 Å². The Morgan fingerprint density at radius 3 is 2.10 bits per heavy atom. The van der Waals surface area contributed by atoms with Crippen LogP contribution in [-0.4, -0.2) is 71.0 Å². The van der Waals surface area contributed by atoms with E-state index in [2.05, 4.69) is 17.0 Å². The molecule has 41 heavy (non-hydrogen) atoms. The molecule has 0 saturated carbocycles. The minimum Gasteiger partial charge on any atom is -0.497 e. The number of hydrogen-bond acceptors (Lipinski definition) is 7. The summed E-state index contributed by atoms with van der Waals surface area (Å²) in [5.41, 5.74) is 4.29. The molecule has 0 atom stereocenters. The fourth-order valence-corrected chi connectivity index (χ4v) is 5.28. The molecule has 1 amide bonds. The SMILES string of the molecule is COc1cc(OC)cc(C(=O)N2CCN(c3nc(Cc4ccccc4)nc4c3c(C)nn4-c3ccccc3)CC2)c1. The Hall–Kier alpha value is -4.92. The third-order valence-electron chi connectivity index (χ3n) is 7.40. The molecular weight excluding hydrogens is 516 g/mol. The van der Waals surface area contributed by atoms with E-state index in [9.17, 15) is 4.79 Å². The van der Waals surface area contributed by atoms with Gasteiger partial charge in [0.25, 0.3) is 5.91 Å². The van der Waals surface area contributed by atoms with E-state index in [0.717, 1.165) is 39.6 Å². The number of benzene rings is 3. The van der Waals surface area contributed by atoms with E-state index in [1.807, 2.05) is 65.0 Å². The number of methoxy groups -OCH3 is 2. The minimum atomic E-state index is -0.0486. The molecule has 6 rings (SSSR count). The number of carbonyl (C=O) groups is 1. The highest BCUT2D eigenvalue weighted by Gasteiger charge is 2.27. The molecule has 1 saturated heterocycles. The number of nitrogens with zero attached hydrogens (tertiary/aromatic N) is 6. The normalized spacial score (nSPS) is 13.4. The molecule has 0 N–H and O–H groups in total. The second-order valence-electron chi connectivity index (χ2n) is 10.0. The molecule has 1 aliphatic rings. The van der Waals surface area contributed by atoms with E-state index in [-0.39, 0.29) is 5.91 Å². The molecule has 0 radical (unpaired) electrons. The van der Waals surface area contributed by atoms with Gasteiger partial charge in [-0.1, -0.05) is 48.5 Å². The summed E-state index contributed by atoms with van der Waals surface area (Å²) >= 11 is 0. The average Bonchev–Trinajstić information content (AvgIpc) is 3.37. The monoisotopic (exact) mass is 548 g/mol. The number of piperazine rings is 1. The molecule has 0 spiro atoms. The van der Waals surface area contributed by atoms with Crippen LogP contribution in [0.2, 0.25) is 0 Å². The third kappa shape index (κ3) is 5.30. The van der Waals surface area contributed by atoms with Crippen molar-refractivity contribution < 1.29 is 14.3 Å². The predicted octanol–water partition coefficient (Wildman–Crippen LogP) is 4.69. The molecule has 9 heteroatoms. The maximum atomic E-state index is 13.4. The van der Waals surface area contributed by atoms with Crippen LogP contribution in [0.5, 0.6) is 11.5 Å². The van der Waals surface area contributed by atoms with Gasteiger partial charge in [-0.15, -0.1) is 0 Å². The Labute approximate surface area is 239 Å². The zero-order chi connectivity index (χ0) is 28.3. The summed E-state index contributed by atoms with van der Waals surface area (Å²) in [6.45, 7) is 4.40. The molecule has 0 aliphatic carbocycles. The van der Waals surface area contributed by atoms with Gasteiger partial charge in [-0.25, -0.2) is 14.6 Å². The van der Waals surface area contributed by atoms with Crippen molar-refractivity contribution in [2.75, 3.05) is 45.3 Å². The highest BCUT2D eigenvalue weighted by Crippen LogP contribution is 2.31. The molecule has 208 valence electrons. The van der Waals surface area contributed by atoms with Crippen molar-refractivity contribution in [1.29, 1.82) is 0 Å². The maximum Gasteiger partial charge on any atom is 0.254 e. The maximum absolute atomic E-state index is 13.4. The van der Waals surface area contributed by atoms with E-state index < -0.39 is 0 Å². The summed E-state index contributed by atoms with van der Waals surface area (Å²) in [6.07, 6.45) is 0.610. The van der Waals surface area contributed by atoms with Crippen LogP contribution < -0.4 is 14.4 Å². The van der Waals surface area contributed by atoms with E-state index in [0.29, 0.717) is 49.7 Å². The van der Waals surface area contributed by atoms with Crippen molar-refractivity contribution in [3.63, 3.8) is 0 Å². The minimum absolute atomic E-state index is 0.0486. The number of rotatable bonds is 7. The first-order chi connectivity index (χ1) is 20.0. The lowest BCUT2D eigenvalue weighted by Crippen LogP contribution is -2.49. The summed E-state index contributed by atoms with van der Waals surface area (Å²) in [6, 6.07) is 25.6. The molecule has 3 aromatic carbocycles. The predicted molar refractivity (Wildman–Crippen MR) is 158 cm³/mol. The Kier molecular flexibility index (Phi) is 7.24. The summed E-state index contributed by atoms with van der Waals surface area (Å²) < 4.78 is 12.6. The molecule has 1 aliphatic heterocycles. The highest BCUT2D eigenvalue weighted by atomic mass is 16.5. The fourth-order valence-electron chi connectivity index (χ4n) is 5.28. The number of aromatic nitrogens is 4. The van der Waals surface area contributed by atoms with Gasteiger partial charge in [0.05, 0.1) is 31.0 Å². The first-order valence-corrected chi connectivity index (χ1v) is 13.7. The lowest BCUT2D eigenvalue weighted by Gasteiger charge is -2.36. The standard InChI is InChI=1S/C32H32N6O3/c1-22-29-30(36-14-16-37(17-15-36)32(39)24-19-26(40-2)21-27(20-24)41-3)33-28(18-23-10-6-4-7-11-23)34-31(29)38(35-22)25-12-8-5-9-13-25/h4-13,19-21H,14-18H2,1-3H3. The van der Waals surface area contributed by atoms with Gasteiger partial charge in [0.15, 0.2) is 5.65 Å². The molecule has 0 unspecified atom stereocenters. The molecular formula is C32H32N6O3. The van der Waals surface area contributed by atoms with Gasteiger partial charge in [0, 0.05) is 44.2 Å². The van der Waals surface area contributed by atoms with Gasteiger partial charge in [-0.3, -0.25) is 4.79 Å². The number of fused-ring (bicyclic) bond motifs is 1. The number of para-hydroxylation sites is 1. The van der Waals surface area contributed by atoms with E-state index >= 15 is 0 Å². The van der Waals surface area contributed by atoms with Gasteiger partial charge in [0.1, 0.15) is 23.1 Å². The first kappa shape index (κ1) is 26.3. The fraction of sp³-hybridized carbons (Fsp3) is 0.250. The zero-order valence-corrected chi connectivity index (χ0v) is 23.4. The van der Waals surface area contributed by atoms with Gasteiger partial charge in [0.2, 0.25) is 0 Å². The second kappa shape index (κ2) is 11.3. The van der Waals surface area contributed by atoms with Crippen LogP contribution in [0, 0.1) is 6.92 Å². The molecule has 2 aromatic heterocycles. The van der Waals surface area contributed by atoms with Gasteiger partial charge >= 0.3 is 0 Å². The van der Waals surface area contributed by atoms with Crippen LogP contribution in [0.25, 0.3) is 16.7 Å². The summed E-state index contributed by atoms with van der Waals surface area (Å²) in [4.78, 5) is 27.6. The van der Waals surface area contributed by atoms with Gasteiger partial charge in [-0.2, -0.15) is 5.10 Å². The number of aryl methyl sites for hydroxylation is 1. The Morgan fingerprint density at radius 2 is 1.46 bits per heavy atom. The van der Waals surface area contributed by atoms with Crippen molar-refractivity contribution in [3.8, 4) is 17.2 Å². The van der Waals surface area contributed by atoms with Crippen molar-refractivity contribution in [3.05, 3.63) is 102 Å². The van der Waals surface area contributed by atoms with Gasteiger partial charge in [-0.05, 0) is 36.8 Å². The average molecular weight is 549 g/mol. The second-order valence-corrected chi connectivity index (χ2v) is 10.0. The number of ether oxygens (including phenoxy) is 2. The topological polar surface area (TPSA) is 85.6 Å².